The van der Waals surface area contributed by atoms with Gasteiger partial charge in [0, 0.05) is 16.6 Å². The van der Waals surface area contributed by atoms with E-state index in [4.69, 9.17) is 4.74 Å². The number of ether oxygens (including phenoxy) is 1. The van der Waals surface area contributed by atoms with Crippen molar-refractivity contribution in [2.75, 3.05) is 5.32 Å². The minimum atomic E-state index is -0.936. The first-order valence-electron chi connectivity index (χ1n) is 9.61. The number of thiazole rings is 1. The Morgan fingerprint density at radius 1 is 1.07 bits per heavy atom. The van der Waals surface area contributed by atoms with Crippen LogP contribution in [0.15, 0.2) is 60.0 Å². The molecule has 0 unspecified atom stereocenters. The van der Waals surface area contributed by atoms with Crippen molar-refractivity contribution in [2.24, 2.45) is 0 Å². The Kier molecular flexibility index (Phi) is 6.77. The Balaban J connectivity index is 1.65. The quantitative estimate of drug-likeness (QED) is 0.524. The van der Waals surface area contributed by atoms with E-state index < -0.39 is 12.1 Å². The number of hydrogen-bond acceptors (Lipinski definition) is 5. The first-order valence-corrected chi connectivity index (χ1v) is 10.5. The van der Waals surface area contributed by atoms with Gasteiger partial charge in [-0.1, -0.05) is 62.4 Å². The van der Waals surface area contributed by atoms with Gasteiger partial charge in [-0.25, -0.2) is 9.78 Å². The van der Waals surface area contributed by atoms with Crippen molar-refractivity contribution in [2.45, 2.75) is 39.2 Å². The fourth-order valence-electron chi connectivity index (χ4n) is 2.85. The summed E-state index contributed by atoms with van der Waals surface area (Å²) in [5.41, 5.74) is 2.95. The van der Waals surface area contributed by atoms with E-state index in [9.17, 15) is 9.59 Å². The number of hydrogen-bond donors (Lipinski definition) is 1. The number of anilines is 1. The minimum absolute atomic E-state index is 0.202. The molecule has 5 nitrogen and oxygen atoms in total. The summed E-state index contributed by atoms with van der Waals surface area (Å²) in [5.74, 6) is -0.662. The van der Waals surface area contributed by atoms with Crippen LogP contribution in [0.25, 0.3) is 10.6 Å². The standard InChI is InChI=1S/C23H24N2O3S/c1-4-15(2)18-12-8-9-13-19(18)24-21(26)16(3)28-23(27)20-14-29-22(25-20)17-10-6-5-7-11-17/h5-16H,4H2,1-3H3,(H,24,26)/t15-,16+/m1/s1. The Hall–Kier alpha value is -2.99. The molecule has 0 aliphatic carbocycles. The summed E-state index contributed by atoms with van der Waals surface area (Å²) in [4.78, 5) is 29.3. The highest BCUT2D eigenvalue weighted by Crippen LogP contribution is 2.27. The molecule has 0 saturated carbocycles. The number of carbonyl (C=O) groups is 2. The molecular weight excluding hydrogens is 384 g/mol. The van der Waals surface area contributed by atoms with Crippen molar-refractivity contribution < 1.29 is 14.3 Å². The molecule has 1 amide bonds. The van der Waals surface area contributed by atoms with Gasteiger partial charge in [-0.05, 0) is 30.9 Å². The van der Waals surface area contributed by atoms with Gasteiger partial charge in [0.05, 0.1) is 0 Å². The Labute approximate surface area is 174 Å². The molecule has 1 N–H and O–H groups in total. The maximum Gasteiger partial charge on any atom is 0.358 e. The van der Waals surface area contributed by atoms with Gasteiger partial charge < -0.3 is 10.1 Å². The van der Waals surface area contributed by atoms with Crippen LogP contribution in [0.2, 0.25) is 0 Å². The first-order chi connectivity index (χ1) is 14.0. The minimum Gasteiger partial charge on any atom is -0.448 e. The fourth-order valence-corrected chi connectivity index (χ4v) is 3.65. The molecule has 150 valence electrons. The topological polar surface area (TPSA) is 68.3 Å². The van der Waals surface area contributed by atoms with Crippen molar-refractivity contribution in [3.63, 3.8) is 0 Å². The number of rotatable bonds is 7. The summed E-state index contributed by atoms with van der Waals surface area (Å²) in [6, 6.07) is 17.3. The van der Waals surface area contributed by atoms with Crippen molar-refractivity contribution in [1.82, 2.24) is 4.98 Å². The van der Waals surface area contributed by atoms with E-state index in [0.717, 1.165) is 28.2 Å². The number of nitrogens with one attached hydrogen (secondary N) is 1. The van der Waals surface area contributed by atoms with Crippen LogP contribution in [0.1, 0.15) is 49.2 Å². The summed E-state index contributed by atoms with van der Waals surface area (Å²) in [5, 5.41) is 5.26. The average Bonchev–Trinajstić information content (AvgIpc) is 3.24. The number of nitrogens with zero attached hydrogens (tertiary/aromatic N) is 1. The van der Waals surface area contributed by atoms with Crippen LogP contribution in [-0.2, 0) is 9.53 Å². The van der Waals surface area contributed by atoms with Gasteiger partial charge in [-0.15, -0.1) is 11.3 Å². The number of esters is 1. The molecule has 3 rings (SSSR count). The van der Waals surface area contributed by atoms with Crippen molar-refractivity contribution >= 4 is 28.9 Å². The van der Waals surface area contributed by atoms with Crippen molar-refractivity contribution in [1.29, 1.82) is 0 Å². The summed E-state index contributed by atoms with van der Waals surface area (Å²) in [6.45, 7) is 5.77. The molecular formula is C23H24N2O3S. The van der Waals surface area contributed by atoms with Gasteiger partial charge in [0.25, 0.3) is 5.91 Å². The lowest BCUT2D eigenvalue weighted by atomic mass is 9.97. The molecule has 0 spiro atoms. The molecule has 1 heterocycles. The molecule has 29 heavy (non-hydrogen) atoms. The third kappa shape index (κ3) is 5.09. The van der Waals surface area contributed by atoms with Gasteiger partial charge in [-0.2, -0.15) is 0 Å². The maximum absolute atomic E-state index is 12.6. The number of amides is 1. The molecule has 0 aliphatic rings. The summed E-state index contributed by atoms with van der Waals surface area (Å²) in [6.07, 6.45) is 0.0275. The highest BCUT2D eigenvalue weighted by molar-refractivity contribution is 7.13. The number of carbonyl (C=O) groups excluding carboxylic acids is 2. The van der Waals surface area contributed by atoms with Crippen LogP contribution in [0.3, 0.4) is 0 Å². The SMILES string of the molecule is CC[C@@H](C)c1ccccc1NC(=O)[C@H](C)OC(=O)c1csc(-c2ccccc2)n1. The largest absolute Gasteiger partial charge is 0.448 e. The molecule has 6 heteroatoms. The zero-order valence-electron chi connectivity index (χ0n) is 16.7. The Bertz CT molecular complexity index is 985. The van der Waals surface area contributed by atoms with Gasteiger partial charge in [0.2, 0.25) is 0 Å². The smallest absolute Gasteiger partial charge is 0.358 e. The number of para-hydroxylation sites is 1. The Morgan fingerprint density at radius 3 is 2.48 bits per heavy atom. The van der Waals surface area contributed by atoms with E-state index in [0.29, 0.717) is 5.92 Å². The van der Waals surface area contributed by atoms with E-state index >= 15 is 0 Å². The van der Waals surface area contributed by atoms with Crippen LogP contribution in [0, 0.1) is 0 Å². The van der Waals surface area contributed by atoms with Gasteiger partial charge in [0.15, 0.2) is 11.8 Å². The van der Waals surface area contributed by atoms with E-state index in [-0.39, 0.29) is 11.6 Å². The molecule has 2 aromatic carbocycles. The zero-order chi connectivity index (χ0) is 20.8. The lowest BCUT2D eigenvalue weighted by Gasteiger charge is -2.18. The average molecular weight is 409 g/mol. The third-order valence-corrected chi connectivity index (χ3v) is 5.64. The van der Waals surface area contributed by atoms with E-state index in [2.05, 4.69) is 24.1 Å². The second kappa shape index (κ2) is 9.47. The highest BCUT2D eigenvalue weighted by atomic mass is 32.1. The van der Waals surface area contributed by atoms with Crippen LogP contribution < -0.4 is 5.32 Å². The van der Waals surface area contributed by atoms with Crippen LogP contribution in [0.4, 0.5) is 5.69 Å². The summed E-state index contributed by atoms with van der Waals surface area (Å²) >= 11 is 1.36. The third-order valence-electron chi connectivity index (χ3n) is 4.75. The molecule has 3 aromatic rings. The van der Waals surface area contributed by atoms with Crippen molar-refractivity contribution in [3.05, 3.63) is 71.2 Å². The predicted octanol–water partition coefficient (Wildman–Crippen LogP) is 5.51. The fraction of sp³-hybridized carbons (Fsp3) is 0.261. The van der Waals surface area contributed by atoms with Gasteiger partial charge in [0.1, 0.15) is 5.01 Å². The lowest BCUT2D eigenvalue weighted by molar-refractivity contribution is -0.123. The van der Waals surface area contributed by atoms with E-state index in [1.165, 1.54) is 11.3 Å². The van der Waals surface area contributed by atoms with Gasteiger partial charge >= 0.3 is 5.97 Å². The molecule has 0 aliphatic heterocycles. The van der Waals surface area contributed by atoms with Crippen LogP contribution in [0.5, 0.6) is 0 Å². The Morgan fingerprint density at radius 2 is 1.76 bits per heavy atom. The van der Waals surface area contributed by atoms with E-state index in [1.54, 1.807) is 12.3 Å². The predicted molar refractivity (Wildman–Crippen MR) is 116 cm³/mol. The second-order valence-electron chi connectivity index (χ2n) is 6.84. The zero-order valence-corrected chi connectivity index (χ0v) is 17.5. The number of aromatic nitrogens is 1. The molecule has 0 saturated heterocycles. The molecule has 1 aromatic heterocycles. The van der Waals surface area contributed by atoms with Crippen LogP contribution in [-0.4, -0.2) is 23.0 Å². The van der Waals surface area contributed by atoms with E-state index in [1.807, 2.05) is 54.6 Å². The van der Waals surface area contributed by atoms with Crippen molar-refractivity contribution in [3.8, 4) is 10.6 Å². The maximum atomic E-state index is 12.6. The molecule has 0 bridgehead atoms. The first kappa shape index (κ1) is 20.7. The highest BCUT2D eigenvalue weighted by Gasteiger charge is 2.22. The monoisotopic (exact) mass is 408 g/mol. The lowest BCUT2D eigenvalue weighted by Crippen LogP contribution is -2.30. The molecule has 0 fully saturated rings. The van der Waals surface area contributed by atoms with Crippen LogP contribution >= 0.6 is 11.3 Å². The second-order valence-corrected chi connectivity index (χ2v) is 7.70. The van der Waals surface area contributed by atoms with Gasteiger partial charge in [-0.3, -0.25) is 4.79 Å². The number of benzene rings is 2. The summed E-state index contributed by atoms with van der Waals surface area (Å²) in [7, 11) is 0. The summed E-state index contributed by atoms with van der Waals surface area (Å²) < 4.78 is 5.34. The normalized spacial score (nSPS) is 12.8. The molecule has 0 radical (unpaired) electrons. The molecule has 2 atom stereocenters.